The minimum Gasteiger partial charge on any atom is -0.335 e. The number of hydrogen-bond acceptors (Lipinski definition) is 5. The fraction of sp³-hybridized carbons (Fsp3) is 0.688. The fourth-order valence-electron chi connectivity index (χ4n) is 3.46. The quantitative estimate of drug-likeness (QED) is 0.815. The van der Waals surface area contributed by atoms with E-state index in [4.69, 9.17) is 0 Å². The molecule has 0 saturated carbocycles. The molecule has 2 aliphatic heterocycles. The Bertz CT molecular complexity index is 601. The lowest BCUT2D eigenvalue weighted by Crippen LogP contribution is -2.63. The third-order valence-electron chi connectivity index (χ3n) is 4.64. The van der Waals surface area contributed by atoms with Gasteiger partial charge in [-0.1, -0.05) is 0 Å². The van der Waals surface area contributed by atoms with Gasteiger partial charge in [-0.25, -0.2) is 18.7 Å². The van der Waals surface area contributed by atoms with E-state index < -0.39 is 5.92 Å². The second-order valence-electron chi connectivity index (χ2n) is 7.03. The van der Waals surface area contributed by atoms with Crippen LogP contribution in [-0.2, 0) is 0 Å². The lowest BCUT2D eigenvalue weighted by atomic mass is 10.0. The average molecular weight is 339 g/mol. The van der Waals surface area contributed by atoms with Crippen molar-refractivity contribution >= 4 is 5.91 Å². The maximum atomic E-state index is 13.8. The molecule has 0 N–H and O–H groups in total. The summed E-state index contributed by atoms with van der Waals surface area (Å²) in [6, 6.07) is -0.168. The largest absolute Gasteiger partial charge is 0.335 e. The number of alkyl halides is 2. The van der Waals surface area contributed by atoms with Crippen LogP contribution in [0, 0.1) is 6.92 Å². The second kappa shape index (κ2) is 6.33. The molecule has 132 valence electrons. The van der Waals surface area contributed by atoms with E-state index in [0.29, 0.717) is 31.0 Å². The summed E-state index contributed by atoms with van der Waals surface area (Å²) >= 11 is 0. The van der Waals surface area contributed by atoms with Gasteiger partial charge in [0, 0.05) is 50.5 Å². The number of aromatic nitrogens is 2. The van der Waals surface area contributed by atoms with Gasteiger partial charge in [0.15, 0.2) is 0 Å². The van der Waals surface area contributed by atoms with Crippen LogP contribution in [0.5, 0.6) is 0 Å². The zero-order chi connectivity index (χ0) is 17.5. The third-order valence-corrected chi connectivity index (χ3v) is 4.64. The molecule has 0 unspecified atom stereocenters. The van der Waals surface area contributed by atoms with Crippen LogP contribution in [0.15, 0.2) is 12.4 Å². The minimum atomic E-state index is -2.64. The third kappa shape index (κ3) is 3.54. The number of amides is 1. The first-order chi connectivity index (χ1) is 11.2. The zero-order valence-corrected chi connectivity index (χ0v) is 14.2. The molecule has 1 aromatic rings. The van der Waals surface area contributed by atoms with E-state index in [9.17, 15) is 13.6 Å². The van der Waals surface area contributed by atoms with Gasteiger partial charge in [0.2, 0.25) is 0 Å². The first-order valence-corrected chi connectivity index (χ1v) is 8.11. The van der Waals surface area contributed by atoms with E-state index in [-0.39, 0.29) is 31.0 Å². The van der Waals surface area contributed by atoms with E-state index in [1.54, 1.807) is 11.8 Å². The van der Waals surface area contributed by atoms with Gasteiger partial charge >= 0.3 is 0 Å². The Hall–Kier alpha value is -1.67. The van der Waals surface area contributed by atoms with Gasteiger partial charge in [-0.2, -0.15) is 0 Å². The van der Waals surface area contributed by atoms with Crippen LogP contribution >= 0.6 is 0 Å². The van der Waals surface area contributed by atoms with Gasteiger partial charge in [0.25, 0.3) is 11.8 Å². The molecule has 3 rings (SSSR count). The first kappa shape index (κ1) is 17.2. The van der Waals surface area contributed by atoms with Crippen molar-refractivity contribution in [2.24, 2.45) is 0 Å². The van der Waals surface area contributed by atoms with Gasteiger partial charge in [0.1, 0.15) is 5.82 Å². The highest BCUT2D eigenvalue weighted by Crippen LogP contribution is 2.35. The van der Waals surface area contributed by atoms with Gasteiger partial charge < -0.3 is 9.80 Å². The summed E-state index contributed by atoms with van der Waals surface area (Å²) in [7, 11) is 3.78. The SMILES string of the molecule is Cc1ncc(C(=O)N2CC(N3CC(F)(F)C[C@H]3CN(C)C)C2)cn1. The van der Waals surface area contributed by atoms with Crippen molar-refractivity contribution in [2.75, 3.05) is 40.3 Å². The summed E-state index contributed by atoms with van der Waals surface area (Å²) < 4.78 is 27.6. The van der Waals surface area contributed by atoms with Crippen molar-refractivity contribution in [3.05, 3.63) is 23.8 Å². The van der Waals surface area contributed by atoms with Crippen molar-refractivity contribution < 1.29 is 13.6 Å². The Kier molecular flexibility index (Phi) is 4.52. The van der Waals surface area contributed by atoms with Crippen LogP contribution in [0.25, 0.3) is 0 Å². The molecule has 0 spiro atoms. The highest BCUT2D eigenvalue weighted by Gasteiger charge is 2.50. The minimum absolute atomic E-state index is 0.00126. The Labute approximate surface area is 140 Å². The van der Waals surface area contributed by atoms with Crippen LogP contribution in [0.1, 0.15) is 22.6 Å². The maximum Gasteiger partial charge on any atom is 0.262 e. The van der Waals surface area contributed by atoms with E-state index in [0.717, 1.165) is 0 Å². The van der Waals surface area contributed by atoms with Crippen molar-refractivity contribution in [3.63, 3.8) is 0 Å². The highest BCUT2D eigenvalue weighted by molar-refractivity contribution is 5.94. The van der Waals surface area contributed by atoms with E-state index in [1.165, 1.54) is 12.4 Å². The molecule has 24 heavy (non-hydrogen) atoms. The molecule has 2 fully saturated rings. The van der Waals surface area contributed by atoms with Crippen LogP contribution in [0.2, 0.25) is 0 Å². The van der Waals surface area contributed by atoms with Crippen molar-refractivity contribution in [3.8, 4) is 0 Å². The van der Waals surface area contributed by atoms with Gasteiger partial charge in [-0.3, -0.25) is 9.69 Å². The molecule has 3 heterocycles. The molecule has 1 amide bonds. The molecule has 8 heteroatoms. The summed E-state index contributed by atoms with van der Waals surface area (Å²) in [5.74, 6) is -2.17. The second-order valence-corrected chi connectivity index (χ2v) is 7.03. The van der Waals surface area contributed by atoms with Gasteiger partial charge in [-0.05, 0) is 21.0 Å². The number of carbonyl (C=O) groups excluding carboxylic acids is 1. The fourth-order valence-corrected chi connectivity index (χ4v) is 3.46. The number of aryl methyl sites for hydroxylation is 1. The monoisotopic (exact) mass is 339 g/mol. The summed E-state index contributed by atoms with van der Waals surface area (Å²) in [6.45, 7) is 3.10. The molecule has 6 nitrogen and oxygen atoms in total. The number of nitrogens with zero attached hydrogens (tertiary/aromatic N) is 5. The van der Waals surface area contributed by atoms with E-state index in [1.807, 2.05) is 23.9 Å². The Morgan fingerprint density at radius 3 is 2.54 bits per heavy atom. The average Bonchev–Trinajstić information content (AvgIpc) is 2.71. The summed E-state index contributed by atoms with van der Waals surface area (Å²) in [4.78, 5) is 25.9. The van der Waals surface area contributed by atoms with Crippen LogP contribution in [0.3, 0.4) is 0 Å². The molecule has 2 saturated heterocycles. The Balaban J connectivity index is 1.60. The van der Waals surface area contributed by atoms with Crippen LogP contribution in [0.4, 0.5) is 8.78 Å². The first-order valence-electron chi connectivity index (χ1n) is 8.11. The molecule has 1 atom stereocenters. The van der Waals surface area contributed by atoms with E-state index in [2.05, 4.69) is 9.97 Å². The smallest absolute Gasteiger partial charge is 0.262 e. The summed E-state index contributed by atoms with van der Waals surface area (Å²) in [5.41, 5.74) is 0.440. The van der Waals surface area contributed by atoms with Crippen molar-refractivity contribution in [2.45, 2.75) is 31.4 Å². The number of rotatable bonds is 4. The Morgan fingerprint density at radius 2 is 1.96 bits per heavy atom. The number of halogens is 2. The van der Waals surface area contributed by atoms with Crippen LogP contribution < -0.4 is 0 Å². The maximum absolute atomic E-state index is 13.8. The molecule has 0 aliphatic carbocycles. The Morgan fingerprint density at radius 1 is 1.33 bits per heavy atom. The molecule has 0 radical (unpaired) electrons. The lowest BCUT2D eigenvalue weighted by Gasteiger charge is -2.46. The summed E-state index contributed by atoms with van der Waals surface area (Å²) in [5, 5.41) is 0. The molecular formula is C16H23F2N5O. The van der Waals surface area contributed by atoms with Gasteiger partial charge in [0.05, 0.1) is 12.1 Å². The molecule has 1 aromatic heterocycles. The molecule has 0 bridgehead atoms. The highest BCUT2D eigenvalue weighted by atomic mass is 19.3. The number of carbonyl (C=O) groups is 1. The number of hydrogen-bond donors (Lipinski definition) is 0. The molecular weight excluding hydrogens is 316 g/mol. The van der Waals surface area contributed by atoms with Crippen molar-refractivity contribution in [1.29, 1.82) is 0 Å². The van der Waals surface area contributed by atoms with Crippen LogP contribution in [-0.4, -0.2) is 88.9 Å². The standard InChI is InChI=1S/C16H23F2N5O/c1-11-19-5-12(6-20-11)15(24)22-8-14(9-22)23-10-16(17,18)4-13(23)7-21(2)3/h5-6,13-14H,4,7-10H2,1-3H3/t13-/m0/s1. The van der Waals surface area contributed by atoms with Crippen molar-refractivity contribution in [1.82, 2.24) is 24.7 Å². The number of likely N-dealkylation sites (tertiary alicyclic amines) is 2. The van der Waals surface area contributed by atoms with E-state index >= 15 is 0 Å². The predicted octanol–water partition coefficient (Wildman–Crippen LogP) is 0.881. The molecule has 2 aliphatic rings. The zero-order valence-electron chi connectivity index (χ0n) is 14.2. The lowest BCUT2D eigenvalue weighted by molar-refractivity contribution is -0.0115. The normalized spacial score (nSPS) is 24.4. The van der Waals surface area contributed by atoms with Gasteiger partial charge in [-0.15, -0.1) is 0 Å². The topological polar surface area (TPSA) is 52.6 Å². The molecule has 0 aromatic carbocycles. The summed E-state index contributed by atoms with van der Waals surface area (Å²) in [6.07, 6.45) is 2.91. The predicted molar refractivity (Wildman–Crippen MR) is 85.1 cm³/mol. The number of likely N-dealkylation sites (N-methyl/N-ethyl adjacent to an activating group) is 1.